The highest BCUT2D eigenvalue weighted by molar-refractivity contribution is 7.09. The van der Waals surface area contributed by atoms with Crippen LogP contribution in [0, 0.1) is 0 Å². The molecule has 0 aliphatic rings. The van der Waals surface area contributed by atoms with Crippen molar-refractivity contribution in [3.8, 4) is 0 Å². The molecule has 0 spiro atoms. The van der Waals surface area contributed by atoms with E-state index in [1.54, 1.807) is 6.20 Å². The van der Waals surface area contributed by atoms with E-state index in [1.807, 2.05) is 12.3 Å². The van der Waals surface area contributed by atoms with Gasteiger partial charge in [-0.15, -0.1) is 11.3 Å². The standard InChI is InChI=1S/C9H14N2O2S/c1-6(10)7(5-8(12)13-2)9-11-3-4-14-9/h3-4,6-7H,5,10H2,1-2H3. The smallest absolute Gasteiger partial charge is 0.306 e. The first-order valence-electron chi connectivity index (χ1n) is 4.37. The van der Waals surface area contributed by atoms with E-state index in [-0.39, 0.29) is 17.9 Å². The molecule has 0 aliphatic carbocycles. The molecule has 5 heteroatoms. The number of ether oxygens (including phenoxy) is 1. The highest BCUT2D eigenvalue weighted by Gasteiger charge is 2.22. The third-order valence-electron chi connectivity index (χ3n) is 2.02. The van der Waals surface area contributed by atoms with Gasteiger partial charge in [0.05, 0.1) is 18.5 Å². The molecule has 4 nitrogen and oxygen atoms in total. The Hall–Kier alpha value is -0.940. The summed E-state index contributed by atoms with van der Waals surface area (Å²) in [6.07, 6.45) is 2.01. The fourth-order valence-corrected chi connectivity index (χ4v) is 2.03. The van der Waals surface area contributed by atoms with Crippen LogP contribution in [0.1, 0.15) is 24.3 Å². The van der Waals surface area contributed by atoms with Gasteiger partial charge in [-0.2, -0.15) is 0 Å². The number of rotatable bonds is 4. The van der Waals surface area contributed by atoms with Gasteiger partial charge < -0.3 is 10.5 Å². The summed E-state index contributed by atoms with van der Waals surface area (Å²) in [4.78, 5) is 15.3. The van der Waals surface area contributed by atoms with Crippen molar-refractivity contribution in [3.63, 3.8) is 0 Å². The molecule has 0 saturated heterocycles. The van der Waals surface area contributed by atoms with Crippen molar-refractivity contribution in [2.45, 2.75) is 25.3 Å². The molecular formula is C9H14N2O2S. The third kappa shape index (κ3) is 2.78. The SMILES string of the molecule is COC(=O)CC(c1nccs1)C(C)N. The number of nitrogens with two attached hydrogens (primary N) is 1. The molecular weight excluding hydrogens is 200 g/mol. The van der Waals surface area contributed by atoms with Gasteiger partial charge in [-0.25, -0.2) is 4.98 Å². The lowest BCUT2D eigenvalue weighted by molar-refractivity contribution is -0.141. The Balaban J connectivity index is 2.70. The van der Waals surface area contributed by atoms with Crippen LogP contribution in [0.5, 0.6) is 0 Å². The number of hydrogen-bond acceptors (Lipinski definition) is 5. The Kier molecular flexibility index (Phi) is 4.03. The van der Waals surface area contributed by atoms with E-state index in [0.717, 1.165) is 5.01 Å². The zero-order valence-electron chi connectivity index (χ0n) is 8.27. The minimum absolute atomic E-state index is 0.0394. The molecule has 2 unspecified atom stereocenters. The van der Waals surface area contributed by atoms with E-state index >= 15 is 0 Å². The van der Waals surface area contributed by atoms with Crippen LogP contribution >= 0.6 is 11.3 Å². The van der Waals surface area contributed by atoms with E-state index in [2.05, 4.69) is 9.72 Å². The van der Waals surface area contributed by atoms with Gasteiger partial charge in [-0.05, 0) is 6.92 Å². The number of hydrogen-bond donors (Lipinski definition) is 1. The van der Waals surface area contributed by atoms with Crippen LogP contribution in [0.3, 0.4) is 0 Å². The van der Waals surface area contributed by atoms with Crippen LogP contribution in [0.4, 0.5) is 0 Å². The van der Waals surface area contributed by atoms with E-state index < -0.39 is 0 Å². The molecule has 0 radical (unpaired) electrons. The number of nitrogens with zero attached hydrogens (tertiary/aromatic N) is 1. The van der Waals surface area contributed by atoms with Gasteiger partial charge in [-0.3, -0.25) is 4.79 Å². The van der Waals surface area contributed by atoms with Crippen molar-refractivity contribution < 1.29 is 9.53 Å². The average molecular weight is 214 g/mol. The topological polar surface area (TPSA) is 65.2 Å². The lowest BCUT2D eigenvalue weighted by Crippen LogP contribution is -2.27. The van der Waals surface area contributed by atoms with Gasteiger partial charge in [0.25, 0.3) is 0 Å². The molecule has 1 aromatic heterocycles. The van der Waals surface area contributed by atoms with E-state index in [1.165, 1.54) is 18.4 Å². The fourth-order valence-electron chi connectivity index (χ4n) is 1.18. The highest BCUT2D eigenvalue weighted by atomic mass is 32.1. The zero-order chi connectivity index (χ0) is 10.6. The minimum Gasteiger partial charge on any atom is -0.469 e. The molecule has 1 heterocycles. The van der Waals surface area contributed by atoms with Crippen LogP contribution in [0.15, 0.2) is 11.6 Å². The Morgan fingerprint density at radius 1 is 1.79 bits per heavy atom. The highest BCUT2D eigenvalue weighted by Crippen LogP contribution is 2.24. The first kappa shape index (κ1) is 11.1. The van der Waals surface area contributed by atoms with E-state index in [4.69, 9.17) is 5.73 Å². The molecule has 0 saturated carbocycles. The molecule has 0 fully saturated rings. The van der Waals surface area contributed by atoms with Gasteiger partial charge in [-0.1, -0.05) is 0 Å². The molecule has 2 N–H and O–H groups in total. The van der Waals surface area contributed by atoms with Gasteiger partial charge in [0.1, 0.15) is 0 Å². The number of carbonyl (C=O) groups is 1. The average Bonchev–Trinajstić information content (AvgIpc) is 2.65. The predicted octanol–water partition coefficient (Wildman–Crippen LogP) is 1.14. The Morgan fingerprint density at radius 3 is 2.93 bits per heavy atom. The second-order valence-corrected chi connectivity index (χ2v) is 4.04. The van der Waals surface area contributed by atoms with Gasteiger partial charge in [0, 0.05) is 23.5 Å². The number of esters is 1. The monoisotopic (exact) mass is 214 g/mol. The Labute approximate surface area is 87.1 Å². The van der Waals surface area contributed by atoms with Crippen LogP contribution in [0.2, 0.25) is 0 Å². The normalized spacial score (nSPS) is 14.8. The molecule has 1 aromatic rings. The quantitative estimate of drug-likeness (QED) is 0.763. The first-order chi connectivity index (χ1) is 6.65. The summed E-state index contributed by atoms with van der Waals surface area (Å²) in [5, 5.41) is 2.77. The summed E-state index contributed by atoms with van der Waals surface area (Å²) < 4.78 is 4.61. The van der Waals surface area contributed by atoms with E-state index in [9.17, 15) is 4.79 Å². The van der Waals surface area contributed by atoms with Crippen LogP contribution < -0.4 is 5.73 Å². The zero-order valence-corrected chi connectivity index (χ0v) is 9.08. The molecule has 14 heavy (non-hydrogen) atoms. The maximum absolute atomic E-state index is 11.1. The number of methoxy groups -OCH3 is 1. The summed E-state index contributed by atoms with van der Waals surface area (Å²) in [7, 11) is 1.38. The lowest BCUT2D eigenvalue weighted by Gasteiger charge is -2.16. The second kappa shape index (κ2) is 5.07. The van der Waals surface area contributed by atoms with E-state index in [0.29, 0.717) is 6.42 Å². The van der Waals surface area contributed by atoms with Crippen molar-refractivity contribution in [3.05, 3.63) is 16.6 Å². The Bertz CT molecular complexity index is 285. The number of aromatic nitrogens is 1. The van der Waals surface area contributed by atoms with Crippen LogP contribution in [-0.4, -0.2) is 24.1 Å². The Morgan fingerprint density at radius 2 is 2.50 bits per heavy atom. The van der Waals surface area contributed by atoms with Crippen molar-refractivity contribution >= 4 is 17.3 Å². The molecule has 0 amide bonds. The van der Waals surface area contributed by atoms with Gasteiger partial charge in [0.2, 0.25) is 0 Å². The summed E-state index contributed by atoms with van der Waals surface area (Å²) in [5.74, 6) is -0.287. The third-order valence-corrected chi connectivity index (χ3v) is 2.92. The molecule has 78 valence electrons. The first-order valence-corrected chi connectivity index (χ1v) is 5.25. The fraction of sp³-hybridized carbons (Fsp3) is 0.556. The molecule has 0 aliphatic heterocycles. The number of carbonyl (C=O) groups excluding carboxylic acids is 1. The summed E-state index contributed by atoms with van der Waals surface area (Å²) in [6, 6.07) is -0.0970. The summed E-state index contributed by atoms with van der Waals surface area (Å²) in [6.45, 7) is 1.87. The molecule has 1 rings (SSSR count). The summed E-state index contributed by atoms with van der Waals surface area (Å²) in [5.41, 5.74) is 5.79. The lowest BCUT2D eigenvalue weighted by atomic mass is 9.99. The second-order valence-electron chi connectivity index (χ2n) is 3.12. The van der Waals surface area contributed by atoms with Crippen LogP contribution in [-0.2, 0) is 9.53 Å². The van der Waals surface area contributed by atoms with Gasteiger partial charge >= 0.3 is 5.97 Å². The largest absolute Gasteiger partial charge is 0.469 e. The predicted molar refractivity (Wildman–Crippen MR) is 55.1 cm³/mol. The maximum atomic E-state index is 11.1. The molecule has 0 bridgehead atoms. The van der Waals surface area contributed by atoms with Crippen molar-refractivity contribution in [1.29, 1.82) is 0 Å². The van der Waals surface area contributed by atoms with Crippen LogP contribution in [0.25, 0.3) is 0 Å². The summed E-state index contributed by atoms with van der Waals surface area (Å²) >= 11 is 1.51. The number of thiazole rings is 1. The van der Waals surface area contributed by atoms with Crippen molar-refractivity contribution in [2.75, 3.05) is 7.11 Å². The van der Waals surface area contributed by atoms with Crippen molar-refractivity contribution in [1.82, 2.24) is 4.98 Å². The molecule has 0 aromatic carbocycles. The maximum Gasteiger partial charge on any atom is 0.306 e. The minimum atomic E-state index is -0.248. The molecule has 2 atom stereocenters. The van der Waals surface area contributed by atoms with Crippen molar-refractivity contribution in [2.24, 2.45) is 5.73 Å². The van der Waals surface area contributed by atoms with Gasteiger partial charge in [0.15, 0.2) is 0 Å².